The number of nitrogens with two attached hydrogens (primary N) is 1. The number of alkyl halides is 3. The van der Waals surface area contributed by atoms with Crippen LogP contribution in [0.2, 0.25) is 0 Å². The molecule has 0 aromatic heterocycles. The average molecular weight is 328 g/mol. The van der Waals surface area contributed by atoms with Crippen LogP contribution in [-0.4, -0.2) is 23.5 Å². The molecule has 1 aromatic carbocycles. The standard InChI is InChI=1S/C18H27F3N2/c1-16(2,3)17(4,23-7-5-6-8-23)12-13-9-14(18(19,20)21)11-15(22)10-13/h9-11H,5-8,12,22H2,1-4H3. The zero-order chi connectivity index (χ0) is 17.5. The number of nitrogen functional groups attached to an aromatic ring is 1. The molecule has 2 rings (SSSR count). The van der Waals surface area contributed by atoms with Crippen molar-refractivity contribution in [2.45, 2.75) is 58.7 Å². The Morgan fingerprint density at radius 2 is 1.57 bits per heavy atom. The lowest BCUT2D eigenvalue weighted by molar-refractivity contribution is -0.137. The highest BCUT2D eigenvalue weighted by Gasteiger charge is 2.43. The lowest BCUT2D eigenvalue weighted by atomic mass is 9.70. The normalized spacial score (nSPS) is 19.8. The van der Waals surface area contributed by atoms with Gasteiger partial charge in [-0.3, -0.25) is 4.90 Å². The largest absolute Gasteiger partial charge is 0.416 e. The van der Waals surface area contributed by atoms with Crippen molar-refractivity contribution in [1.82, 2.24) is 4.90 Å². The Kier molecular flexibility index (Phi) is 4.73. The van der Waals surface area contributed by atoms with Crippen molar-refractivity contribution in [2.75, 3.05) is 18.8 Å². The molecule has 0 radical (unpaired) electrons. The van der Waals surface area contributed by atoms with Crippen LogP contribution in [-0.2, 0) is 12.6 Å². The molecule has 1 heterocycles. The zero-order valence-corrected chi connectivity index (χ0v) is 14.4. The van der Waals surface area contributed by atoms with Gasteiger partial charge in [-0.25, -0.2) is 0 Å². The van der Waals surface area contributed by atoms with E-state index in [0.29, 0.717) is 12.0 Å². The third-order valence-electron chi connectivity index (χ3n) is 5.31. The van der Waals surface area contributed by atoms with E-state index in [9.17, 15) is 13.2 Å². The number of halogens is 3. The summed E-state index contributed by atoms with van der Waals surface area (Å²) in [4.78, 5) is 2.42. The minimum Gasteiger partial charge on any atom is -0.399 e. The van der Waals surface area contributed by atoms with Crippen LogP contribution in [0.25, 0.3) is 0 Å². The predicted octanol–water partition coefficient (Wildman–Crippen LogP) is 4.73. The molecule has 0 saturated carbocycles. The summed E-state index contributed by atoms with van der Waals surface area (Å²) in [6.07, 6.45) is -1.51. The fourth-order valence-corrected chi connectivity index (χ4v) is 3.44. The van der Waals surface area contributed by atoms with E-state index in [0.717, 1.165) is 32.0 Å². The molecule has 1 unspecified atom stereocenters. The van der Waals surface area contributed by atoms with Gasteiger partial charge in [0.2, 0.25) is 0 Å². The highest BCUT2D eigenvalue weighted by atomic mass is 19.4. The molecule has 0 bridgehead atoms. The summed E-state index contributed by atoms with van der Waals surface area (Å²) in [5, 5.41) is 0. The van der Waals surface area contributed by atoms with E-state index >= 15 is 0 Å². The molecule has 1 saturated heterocycles. The highest BCUT2D eigenvalue weighted by Crippen LogP contribution is 2.41. The van der Waals surface area contributed by atoms with Crippen LogP contribution in [0.3, 0.4) is 0 Å². The molecular weight excluding hydrogens is 301 g/mol. The van der Waals surface area contributed by atoms with Crippen LogP contribution in [0.15, 0.2) is 18.2 Å². The minimum atomic E-state index is -4.37. The molecule has 1 aromatic rings. The van der Waals surface area contributed by atoms with E-state index in [1.54, 1.807) is 6.07 Å². The maximum absolute atomic E-state index is 13.0. The Hall–Kier alpha value is -1.23. The van der Waals surface area contributed by atoms with Crippen molar-refractivity contribution < 1.29 is 13.2 Å². The summed E-state index contributed by atoms with van der Waals surface area (Å²) in [6.45, 7) is 10.6. The SMILES string of the molecule is CC(C)(C)C(C)(Cc1cc(N)cc(C(F)(F)F)c1)N1CCCC1. The number of rotatable bonds is 3. The van der Waals surface area contributed by atoms with Crippen molar-refractivity contribution in [3.05, 3.63) is 29.3 Å². The van der Waals surface area contributed by atoms with E-state index in [1.165, 1.54) is 6.07 Å². The third kappa shape index (κ3) is 3.82. The number of hydrogen-bond donors (Lipinski definition) is 1. The van der Waals surface area contributed by atoms with Gasteiger partial charge in [0.15, 0.2) is 0 Å². The summed E-state index contributed by atoms with van der Waals surface area (Å²) < 4.78 is 39.1. The van der Waals surface area contributed by atoms with Gasteiger partial charge in [0.25, 0.3) is 0 Å². The molecule has 2 N–H and O–H groups in total. The second-order valence-electron chi connectivity index (χ2n) is 7.86. The quantitative estimate of drug-likeness (QED) is 0.813. The maximum atomic E-state index is 13.0. The van der Waals surface area contributed by atoms with Crippen molar-refractivity contribution in [1.29, 1.82) is 0 Å². The Bertz CT molecular complexity index is 554. The van der Waals surface area contributed by atoms with Crippen molar-refractivity contribution in [3.8, 4) is 0 Å². The zero-order valence-electron chi connectivity index (χ0n) is 14.4. The van der Waals surface area contributed by atoms with Crippen molar-refractivity contribution >= 4 is 5.69 Å². The van der Waals surface area contributed by atoms with Gasteiger partial charge in [0.1, 0.15) is 0 Å². The van der Waals surface area contributed by atoms with Crippen LogP contribution in [0.4, 0.5) is 18.9 Å². The summed E-state index contributed by atoms with van der Waals surface area (Å²) in [6, 6.07) is 3.93. The number of likely N-dealkylation sites (tertiary alicyclic amines) is 1. The van der Waals surface area contributed by atoms with Gasteiger partial charge < -0.3 is 5.73 Å². The Balaban J connectivity index is 2.39. The molecule has 2 nitrogen and oxygen atoms in total. The first-order chi connectivity index (χ1) is 10.4. The predicted molar refractivity (Wildman–Crippen MR) is 88.2 cm³/mol. The summed E-state index contributed by atoms with van der Waals surface area (Å²) in [7, 11) is 0. The van der Waals surface area contributed by atoms with Gasteiger partial charge in [0, 0.05) is 11.2 Å². The number of nitrogens with zero attached hydrogens (tertiary/aromatic N) is 1. The second kappa shape index (κ2) is 6.00. The minimum absolute atomic E-state index is 0.0552. The van der Waals surface area contributed by atoms with E-state index in [4.69, 9.17) is 5.73 Å². The van der Waals surface area contributed by atoms with E-state index in [2.05, 4.69) is 32.6 Å². The highest BCUT2D eigenvalue weighted by molar-refractivity contribution is 5.46. The van der Waals surface area contributed by atoms with Crippen LogP contribution in [0.5, 0.6) is 0 Å². The summed E-state index contributed by atoms with van der Waals surface area (Å²) >= 11 is 0. The fraction of sp³-hybridized carbons (Fsp3) is 0.667. The maximum Gasteiger partial charge on any atom is 0.416 e. The topological polar surface area (TPSA) is 29.3 Å². The summed E-state index contributed by atoms with van der Waals surface area (Å²) in [5.74, 6) is 0. The van der Waals surface area contributed by atoms with Gasteiger partial charge in [-0.2, -0.15) is 13.2 Å². The van der Waals surface area contributed by atoms with Crippen molar-refractivity contribution in [2.24, 2.45) is 5.41 Å². The number of hydrogen-bond acceptors (Lipinski definition) is 2. The molecular formula is C18H27F3N2. The smallest absolute Gasteiger partial charge is 0.399 e. The molecule has 5 heteroatoms. The molecule has 0 aliphatic carbocycles. The first kappa shape index (κ1) is 18.1. The fourth-order valence-electron chi connectivity index (χ4n) is 3.44. The molecule has 0 amide bonds. The Morgan fingerprint density at radius 1 is 1.00 bits per heavy atom. The monoisotopic (exact) mass is 328 g/mol. The van der Waals surface area contributed by atoms with Crippen LogP contribution in [0.1, 0.15) is 51.7 Å². The number of benzene rings is 1. The third-order valence-corrected chi connectivity index (χ3v) is 5.31. The molecule has 1 fully saturated rings. The molecule has 1 aliphatic rings. The van der Waals surface area contributed by atoms with Gasteiger partial charge in [0.05, 0.1) is 5.56 Å². The Morgan fingerprint density at radius 3 is 2.04 bits per heavy atom. The van der Waals surface area contributed by atoms with Crippen LogP contribution in [0, 0.1) is 5.41 Å². The first-order valence-electron chi connectivity index (χ1n) is 8.15. The van der Waals surface area contributed by atoms with E-state index in [1.807, 2.05) is 0 Å². The molecule has 23 heavy (non-hydrogen) atoms. The molecule has 1 atom stereocenters. The average Bonchev–Trinajstić information content (AvgIpc) is 2.89. The van der Waals surface area contributed by atoms with Gasteiger partial charge in [-0.1, -0.05) is 20.8 Å². The van der Waals surface area contributed by atoms with Crippen molar-refractivity contribution in [3.63, 3.8) is 0 Å². The molecule has 0 spiro atoms. The molecule has 1 aliphatic heterocycles. The lowest BCUT2D eigenvalue weighted by Gasteiger charge is -2.49. The number of anilines is 1. The van der Waals surface area contributed by atoms with Gasteiger partial charge in [-0.15, -0.1) is 0 Å². The molecule has 130 valence electrons. The summed E-state index contributed by atoms with van der Waals surface area (Å²) in [5.41, 5.74) is 5.63. The lowest BCUT2D eigenvalue weighted by Crippen LogP contribution is -2.55. The van der Waals surface area contributed by atoms with E-state index in [-0.39, 0.29) is 16.6 Å². The second-order valence-corrected chi connectivity index (χ2v) is 7.86. The Labute approximate surface area is 136 Å². The van der Waals surface area contributed by atoms with Gasteiger partial charge >= 0.3 is 6.18 Å². The first-order valence-corrected chi connectivity index (χ1v) is 8.15. The van der Waals surface area contributed by atoms with E-state index < -0.39 is 11.7 Å². The van der Waals surface area contributed by atoms with Crippen LogP contribution >= 0.6 is 0 Å². The van der Waals surface area contributed by atoms with Gasteiger partial charge in [-0.05, 0) is 68.5 Å². The van der Waals surface area contributed by atoms with Crippen LogP contribution < -0.4 is 5.73 Å².